The fourth-order valence-electron chi connectivity index (χ4n) is 2.58. The van der Waals surface area contributed by atoms with E-state index in [1.807, 2.05) is 44.3 Å². The molecular formula is C21H22N4O3. The van der Waals surface area contributed by atoms with E-state index in [1.165, 1.54) is 0 Å². The summed E-state index contributed by atoms with van der Waals surface area (Å²) in [6.07, 6.45) is 2.73. The van der Waals surface area contributed by atoms with Crippen molar-refractivity contribution in [3.8, 4) is 11.4 Å². The van der Waals surface area contributed by atoms with Gasteiger partial charge < -0.3 is 4.74 Å². The van der Waals surface area contributed by atoms with Crippen molar-refractivity contribution in [1.29, 1.82) is 0 Å². The summed E-state index contributed by atoms with van der Waals surface area (Å²) in [6, 6.07) is 14.3. The Labute approximate surface area is 163 Å². The quantitative estimate of drug-likeness (QED) is 0.669. The predicted octanol–water partition coefficient (Wildman–Crippen LogP) is 2.72. The first kappa shape index (κ1) is 19.2. The van der Waals surface area contributed by atoms with Gasteiger partial charge in [0.15, 0.2) is 6.10 Å². The highest BCUT2D eigenvalue weighted by molar-refractivity contribution is 5.95. The molecule has 0 saturated heterocycles. The molecule has 2 aromatic carbocycles. The highest BCUT2D eigenvalue weighted by Gasteiger charge is 2.17. The summed E-state index contributed by atoms with van der Waals surface area (Å²) >= 11 is 0. The molecule has 0 bridgehead atoms. The molecule has 0 spiro atoms. The predicted molar refractivity (Wildman–Crippen MR) is 105 cm³/mol. The normalized spacial score (nSPS) is 11.5. The second kappa shape index (κ2) is 8.39. The van der Waals surface area contributed by atoms with Gasteiger partial charge in [-0.15, -0.1) is 0 Å². The SMILES string of the molecule is Cc1cccc(OC(C)C(=O)NNC(=O)c2ccc(-n3cccn3)cc2)c1C. The number of benzene rings is 2. The maximum Gasteiger partial charge on any atom is 0.279 e. The van der Waals surface area contributed by atoms with E-state index in [9.17, 15) is 9.59 Å². The molecule has 0 aliphatic rings. The van der Waals surface area contributed by atoms with Crippen LogP contribution in [0.1, 0.15) is 28.4 Å². The Morgan fingerprint density at radius 2 is 1.79 bits per heavy atom. The first-order valence-corrected chi connectivity index (χ1v) is 8.89. The monoisotopic (exact) mass is 378 g/mol. The van der Waals surface area contributed by atoms with Gasteiger partial charge in [0.2, 0.25) is 0 Å². The fourth-order valence-corrected chi connectivity index (χ4v) is 2.58. The number of amides is 2. The molecule has 0 saturated carbocycles. The highest BCUT2D eigenvalue weighted by atomic mass is 16.5. The number of carbonyl (C=O) groups is 2. The maximum atomic E-state index is 12.2. The summed E-state index contributed by atoms with van der Waals surface area (Å²) in [5, 5.41) is 4.13. The third-order valence-corrected chi connectivity index (χ3v) is 4.43. The summed E-state index contributed by atoms with van der Waals surface area (Å²) < 4.78 is 7.40. The Morgan fingerprint density at radius 3 is 2.46 bits per heavy atom. The Kier molecular flexibility index (Phi) is 5.74. The summed E-state index contributed by atoms with van der Waals surface area (Å²) in [5.74, 6) is -0.218. The fraction of sp³-hybridized carbons (Fsp3) is 0.190. The largest absolute Gasteiger partial charge is 0.481 e. The molecule has 3 rings (SSSR count). The molecule has 2 amide bonds. The van der Waals surface area contributed by atoms with E-state index in [-0.39, 0.29) is 0 Å². The van der Waals surface area contributed by atoms with Crippen molar-refractivity contribution in [2.45, 2.75) is 26.9 Å². The van der Waals surface area contributed by atoms with Crippen molar-refractivity contribution in [2.75, 3.05) is 0 Å². The van der Waals surface area contributed by atoms with E-state index in [1.54, 1.807) is 42.1 Å². The van der Waals surface area contributed by atoms with Crippen LogP contribution in [0.3, 0.4) is 0 Å². The van der Waals surface area contributed by atoms with Crippen LogP contribution in [0.15, 0.2) is 60.9 Å². The number of hydrogen-bond donors (Lipinski definition) is 2. The molecule has 2 N–H and O–H groups in total. The molecule has 0 aliphatic heterocycles. The van der Waals surface area contributed by atoms with Crippen molar-refractivity contribution >= 4 is 11.8 Å². The van der Waals surface area contributed by atoms with Crippen molar-refractivity contribution in [1.82, 2.24) is 20.6 Å². The number of nitrogens with one attached hydrogen (secondary N) is 2. The minimum absolute atomic E-state index is 0.416. The van der Waals surface area contributed by atoms with Crippen molar-refractivity contribution in [2.24, 2.45) is 0 Å². The standard InChI is InChI=1S/C21H22N4O3/c1-14-6-4-7-19(15(14)2)28-16(3)20(26)23-24-21(27)17-8-10-18(11-9-17)25-13-5-12-22-25/h4-13,16H,1-3H3,(H,23,26)(H,24,27). The van der Waals surface area contributed by atoms with Gasteiger partial charge >= 0.3 is 0 Å². The molecule has 0 fully saturated rings. The van der Waals surface area contributed by atoms with Crippen LogP contribution in [0.25, 0.3) is 5.69 Å². The second-order valence-corrected chi connectivity index (χ2v) is 6.40. The lowest BCUT2D eigenvalue weighted by Gasteiger charge is -2.17. The first-order valence-electron chi connectivity index (χ1n) is 8.89. The number of hydrogen-bond acceptors (Lipinski definition) is 4. The Bertz CT molecular complexity index is 966. The van der Waals surface area contributed by atoms with Crippen LogP contribution < -0.4 is 15.6 Å². The zero-order valence-electron chi connectivity index (χ0n) is 16.0. The third kappa shape index (κ3) is 4.37. The Hall–Kier alpha value is -3.61. The molecule has 144 valence electrons. The molecule has 1 unspecified atom stereocenters. The minimum Gasteiger partial charge on any atom is -0.481 e. The number of carbonyl (C=O) groups excluding carboxylic acids is 2. The van der Waals surface area contributed by atoms with E-state index in [2.05, 4.69) is 16.0 Å². The van der Waals surface area contributed by atoms with Gasteiger partial charge in [-0.25, -0.2) is 4.68 Å². The molecule has 7 nitrogen and oxygen atoms in total. The van der Waals surface area contributed by atoms with Crippen LogP contribution in [0.4, 0.5) is 0 Å². The van der Waals surface area contributed by atoms with Gasteiger partial charge in [0, 0.05) is 18.0 Å². The topological polar surface area (TPSA) is 85.3 Å². The van der Waals surface area contributed by atoms with E-state index in [0.717, 1.165) is 16.8 Å². The number of aryl methyl sites for hydroxylation is 1. The summed E-state index contributed by atoms with van der Waals surface area (Å²) in [7, 11) is 0. The van der Waals surface area contributed by atoms with Gasteiger partial charge in [-0.05, 0) is 68.3 Å². The molecule has 7 heteroatoms. The van der Waals surface area contributed by atoms with Gasteiger partial charge in [-0.2, -0.15) is 5.10 Å². The molecule has 1 aromatic heterocycles. The molecule has 28 heavy (non-hydrogen) atoms. The molecule has 1 heterocycles. The molecule has 0 radical (unpaired) electrons. The van der Waals surface area contributed by atoms with Gasteiger partial charge in [-0.3, -0.25) is 20.4 Å². The Balaban J connectivity index is 1.55. The lowest BCUT2D eigenvalue weighted by atomic mass is 10.1. The van der Waals surface area contributed by atoms with E-state index >= 15 is 0 Å². The van der Waals surface area contributed by atoms with Crippen LogP contribution in [0.2, 0.25) is 0 Å². The zero-order chi connectivity index (χ0) is 20.1. The average molecular weight is 378 g/mol. The van der Waals surface area contributed by atoms with E-state index in [4.69, 9.17) is 4.74 Å². The minimum atomic E-state index is -0.761. The lowest BCUT2D eigenvalue weighted by molar-refractivity contribution is -0.128. The maximum absolute atomic E-state index is 12.2. The molecule has 3 aromatic rings. The number of aromatic nitrogens is 2. The van der Waals surface area contributed by atoms with E-state index < -0.39 is 17.9 Å². The van der Waals surface area contributed by atoms with Gasteiger partial charge in [0.05, 0.1) is 5.69 Å². The molecule has 1 atom stereocenters. The number of rotatable bonds is 5. The number of ether oxygens (including phenoxy) is 1. The van der Waals surface area contributed by atoms with Gasteiger partial charge in [-0.1, -0.05) is 12.1 Å². The van der Waals surface area contributed by atoms with E-state index in [0.29, 0.717) is 11.3 Å². The Morgan fingerprint density at radius 1 is 1.04 bits per heavy atom. The first-order chi connectivity index (χ1) is 13.5. The average Bonchev–Trinajstić information content (AvgIpc) is 3.24. The van der Waals surface area contributed by atoms with Crippen LogP contribution in [0, 0.1) is 13.8 Å². The van der Waals surface area contributed by atoms with Crippen molar-refractivity contribution in [3.63, 3.8) is 0 Å². The van der Waals surface area contributed by atoms with Crippen LogP contribution in [-0.2, 0) is 4.79 Å². The zero-order valence-corrected chi connectivity index (χ0v) is 16.0. The molecular weight excluding hydrogens is 356 g/mol. The van der Waals surface area contributed by atoms with Gasteiger partial charge in [0.1, 0.15) is 5.75 Å². The summed E-state index contributed by atoms with van der Waals surface area (Å²) in [5.41, 5.74) is 8.11. The molecule has 0 aliphatic carbocycles. The smallest absolute Gasteiger partial charge is 0.279 e. The van der Waals surface area contributed by atoms with Crippen LogP contribution in [-0.4, -0.2) is 27.7 Å². The number of nitrogens with zero attached hydrogens (tertiary/aromatic N) is 2. The number of hydrazine groups is 1. The lowest BCUT2D eigenvalue weighted by Crippen LogP contribution is -2.47. The third-order valence-electron chi connectivity index (χ3n) is 4.43. The highest BCUT2D eigenvalue weighted by Crippen LogP contribution is 2.21. The summed E-state index contributed by atoms with van der Waals surface area (Å²) in [6.45, 7) is 5.54. The van der Waals surface area contributed by atoms with Crippen molar-refractivity contribution < 1.29 is 14.3 Å². The summed E-state index contributed by atoms with van der Waals surface area (Å²) in [4.78, 5) is 24.5. The van der Waals surface area contributed by atoms with Crippen LogP contribution >= 0.6 is 0 Å². The van der Waals surface area contributed by atoms with Crippen LogP contribution in [0.5, 0.6) is 5.75 Å². The van der Waals surface area contributed by atoms with Gasteiger partial charge in [0.25, 0.3) is 11.8 Å². The van der Waals surface area contributed by atoms with Crippen molar-refractivity contribution in [3.05, 3.63) is 77.6 Å². The second-order valence-electron chi connectivity index (χ2n) is 6.40.